The molecule has 0 bridgehead atoms. The molecular weight excluding hydrogens is 328 g/mol. The van der Waals surface area contributed by atoms with Gasteiger partial charge in [0.05, 0.1) is 24.3 Å². The fourth-order valence-electron chi connectivity index (χ4n) is 1.79. The van der Waals surface area contributed by atoms with Gasteiger partial charge in [-0.3, -0.25) is 8.89 Å². The first kappa shape index (κ1) is 14.3. The highest BCUT2D eigenvalue weighted by Gasteiger charge is 2.10. The van der Waals surface area contributed by atoms with Crippen LogP contribution in [0.3, 0.4) is 0 Å². The number of methoxy groups -OCH3 is 1. The molecule has 0 radical (unpaired) electrons. The van der Waals surface area contributed by atoms with Gasteiger partial charge in [0.2, 0.25) is 0 Å². The van der Waals surface area contributed by atoms with E-state index in [9.17, 15) is 4.21 Å². The lowest BCUT2D eigenvalue weighted by molar-refractivity contribution is 0.411. The van der Waals surface area contributed by atoms with Crippen molar-refractivity contribution in [3.8, 4) is 5.75 Å². The number of aryl methyl sites for hydroxylation is 1. The SMILES string of the molecule is COc1ccc(Br)cc1CS(=O)Cc1ccnn1C. The predicted octanol–water partition coefficient (Wildman–Crippen LogP) is 2.64. The number of nitrogens with zero attached hydrogens (tertiary/aromatic N) is 2. The third-order valence-electron chi connectivity index (χ3n) is 2.79. The molecule has 0 aliphatic heterocycles. The van der Waals surface area contributed by atoms with Crippen LogP contribution in [-0.2, 0) is 29.4 Å². The Balaban J connectivity index is 2.11. The van der Waals surface area contributed by atoms with Crippen molar-refractivity contribution in [3.63, 3.8) is 0 Å². The smallest absolute Gasteiger partial charge is 0.123 e. The monoisotopic (exact) mass is 342 g/mol. The van der Waals surface area contributed by atoms with Gasteiger partial charge in [0.1, 0.15) is 5.75 Å². The minimum atomic E-state index is -0.992. The van der Waals surface area contributed by atoms with Crippen molar-refractivity contribution in [1.82, 2.24) is 9.78 Å². The van der Waals surface area contributed by atoms with Crippen LogP contribution in [0, 0.1) is 0 Å². The molecule has 4 nitrogen and oxygen atoms in total. The summed E-state index contributed by atoms with van der Waals surface area (Å²) in [6.07, 6.45) is 1.71. The summed E-state index contributed by atoms with van der Waals surface area (Å²) in [6.45, 7) is 0. The zero-order chi connectivity index (χ0) is 13.8. The van der Waals surface area contributed by atoms with Crippen LogP contribution < -0.4 is 4.74 Å². The summed E-state index contributed by atoms with van der Waals surface area (Å²) in [6, 6.07) is 7.61. The molecule has 0 aliphatic carbocycles. The molecule has 2 rings (SSSR count). The minimum absolute atomic E-state index is 0.466. The Morgan fingerprint density at radius 3 is 2.79 bits per heavy atom. The average Bonchev–Trinajstić information content (AvgIpc) is 2.75. The van der Waals surface area contributed by atoms with E-state index in [0.717, 1.165) is 21.5 Å². The first-order valence-corrected chi connectivity index (χ1v) is 8.02. The van der Waals surface area contributed by atoms with Gasteiger partial charge in [-0.05, 0) is 24.3 Å². The molecule has 19 heavy (non-hydrogen) atoms. The molecule has 1 atom stereocenters. The summed E-state index contributed by atoms with van der Waals surface area (Å²) in [5.74, 6) is 1.72. The Hall–Kier alpha value is -1.14. The summed E-state index contributed by atoms with van der Waals surface area (Å²) in [5, 5.41) is 4.07. The second-order valence-corrected chi connectivity index (χ2v) is 6.50. The molecule has 1 heterocycles. The number of halogens is 1. The van der Waals surface area contributed by atoms with Gasteiger partial charge >= 0.3 is 0 Å². The van der Waals surface area contributed by atoms with Crippen LogP contribution in [0.1, 0.15) is 11.3 Å². The molecule has 1 aromatic carbocycles. The Kier molecular flexibility index (Phi) is 4.76. The van der Waals surface area contributed by atoms with Gasteiger partial charge < -0.3 is 4.74 Å². The minimum Gasteiger partial charge on any atom is -0.496 e. The van der Waals surface area contributed by atoms with Gasteiger partial charge in [-0.25, -0.2) is 0 Å². The zero-order valence-electron chi connectivity index (χ0n) is 10.8. The molecule has 0 saturated carbocycles. The average molecular weight is 343 g/mol. The molecular formula is C13H15BrN2O2S. The second-order valence-electron chi connectivity index (χ2n) is 4.13. The quantitative estimate of drug-likeness (QED) is 0.838. The molecule has 102 valence electrons. The summed E-state index contributed by atoms with van der Waals surface area (Å²) in [4.78, 5) is 0. The highest BCUT2D eigenvalue weighted by molar-refractivity contribution is 9.10. The fraction of sp³-hybridized carbons (Fsp3) is 0.308. The lowest BCUT2D eigenvalue weighted by Gasteiger charge is -2.09. The number of hydrogen-bond donors (Lipinski definition) is 0. The van der Waals surface area contributed by atoms with Crippen molar-refractivity contribution in [3.05, 3.63) is 46.2 Å². The van der Waals surface area contributed by atoms with Gasteiger partial charge in [-0.1, -0.05) is 15.9 Å². The van der Waals surface area contributed by atoms with E-state index >= 15 is 0 Å². The highest BCUT2D eigenvalue weighted by Crippen LogP contribution is 2.24. The molecule has 1 aromatic heterocycles. The van der Waals surface area contributed by atoms with E-state index in [1.165, 1.54) is 0 Å². The molecule has 1 unspecified atom stereocenters. The van der Waals surface area contributed by atoms with E-state index in [1.54, 1.807) is 18.0 Å². The van der Waals surface area contributed by atoms with E-state index in [0.29, 0.717) is 11.5 Å². The number of rotatable bonds is 5. The van der Waals surface area contributed by atoms with Gasteiger partial charge in [0.25, 0.3) is 0 Å². The van der Waals surface area contributed by atoms with Gasteiger partial charge in [-0.15, -0.1) is 0 Å². The first-order chi connectivity index (χ1) is 9.10. The molecule has 6 heteroatoms. The molecule has 0 aliphatic rings. The van der Waals surface area contributed by atoms with Crippen molar-refractivity contribution >= 4 is 26.7 Å². The molecule has 0 spiro atoms. The third kappa shape index (κ3) is 3.67. The summed E-state index contributed by atoms with van der Waals surface area (Å²) in [5.41, 5.74) is 1.91. The fourth-order valence-corrected chi connectivity index (χ4v) is 3.49. The normalized spacial score (nSPS) is 12.4. The first-order valence-electron chi connectivity index (χ1n) is 5.74. The molecule has 0 amide bonds. The maximum absolute atomic E-state index is 12.2. The zero-order valence-corrected chi connectivity index (χ0v) is 13.2. The Morgan fingerprint density at radius 2 is 2.16 bits per heavy atom. The van der Waals surface area contributed by atoms with E-state index in [4.69, 9.17) is 4.74 Å². The Morgan fingerprint density at radius 1 is 1.37 bits per heavy atom. The van der Waals surface area contributed by atoms with Gasteiger partial charge in [0, 0.05) is 34.1 Å². The van der Waals surface area contributed by atoms with Crippen LogP contribution in [0.4, 0.5) is 0 Å². The lowest BCUT2D eigenvalue weighted by atomic mass is 10.2. The van der Waals surface area contributed by atoms with E-state index in [-0.39, 0.29) is 0 Å². The number of ether oxygens (including phenoxy) is 1. The summed E-state index contributed by atoms with van der Waals surface area (Å²) >= 11 is 3.42. The van der Waals surface area contributed by atoms with Crippen LogP contribution in [0.15, 0.2) is 34.9 Å². The lowest BCUT2D eigenvalue weighted by Crippen LogP contribution is -2.05. The largest absolute Gasteiger partial charge is 0.496 e. The van der Waals surface area contributed by atoms with Crippen molar-refractivity contribution in [2.75, 3.05) is 7.11 Å². The van der Waals surface area contributed by atoms with E-state index in [2.05, 4.69) is 21.0 Å². The van der Waals surface area contributed by atoms with Crippen LogP contribution in [0.5, 0.6) is 5.75 Å². The predicted molar refractivity (Wildman–Crippen MR) is 79.5 cm³/mol. The Bertz CT molecular complexity index is 598. The third-order valence-corrected chi connectivity index (χ3v) is 4.53. The number of benzene rings is 1. The number of hydrogen-bond acceptors (Lipinski definition) is 3. The molecule has 0 fully saturated rings. The van der Waals surface area contributed by atoms with Gasteiger partial charge in [0.15, 0.2) is 0 Å². The van der Waals surface area contributed by atoms with Crippen molar-refractivity contribution < 1.29 is 8.95 Å². The highest BCUT2D eigenvalue weighted by atomic mass is 79.9. The molecule has 0 saturated heterocycles. The van der Waals surface area contributed by atoms with Crippen LogP contribution >= 0.6 is 15.9 Å². The van der Waals surface area contributed by atoms with Crippen LogP contribution in [-0.4, -0.2) is 21.1 Å². The van der Waals surface area contributed by atoms with Crippen molar-refractivity contribution in [2.45, 2.75) is 11.5 Å². The van der Waals surface area contributed by atoms with Crippen molar-refractivity contribution in [1.29, 1.82) is 0 Å². The van der Waals surface area contributed by atoms with Crippen LogP contribution in [0.2, 0.25) is 0 Å². The summed E-state index contributed by atoms with van der Waals surface area (Å²) in [7, 11) is 2.48. The molecule has 2 aromatic rings. The maximum atomic E-state index is 12.2. The van der Waals surface area contributed by atoms with Gasteiger partial charge in [-0.2, -0.15) is 5.10 Å². The maximum Gasteiger partial charge on any atom is 0.123 e. The standard InChI is InChI=1S/C13H15BrN2O2S/c1-16-12(5-6-15-16)9-19(17)8-10-7-11(14)3-4-13(10)18-2/h3-7H,8-9H2,1-2H3. The topological polar surface area (TPSA) is 44.1 Å². The number of aromatic nitrogens is 2. The van der Waals surface area contributed by atoms with E-state index in [1.807, 2.05) is 31.3 Å². The molecule has 0 N–H and O–H groups in total. The summed E-state index contributed by atoms with van der Waals surface area (Å²) < 4.78 is 20.2. The second kappa shape index (κ2) is 6.34. The van der Waals surface area contributed by atoms with Crippen LogP contribution in [0.25, 0.3) is 0 Å². The Labute approximate surface area is 123 Å². The van der Waals surface area contributed by atoms with E-state index < -0.39 is 10.8 Å². The van der Waals surface area contributed by atoms with Crippen molar-refractivity contribution in [2.24, 2.45) is 7.05 Å².